The first-order valence-corrected chi connectivity index (χ1v) is 10.1. The number of carbonyl (C=O) groups is 1. The number of hydrogen-bond acceptors (Lipinski definition) is 4. The first-order chi connectivity index (χ1) is 12.4. The summed E-state index contributed by atoms with van der Waals surface area (Å²) in [6.45, 7) is 5.03. The van der Waals surface area contributed by atoms with Gasteiger partial charge >= 0.3 is 0 Å². The van der Waals surface area contributed by atoms with Crippen molar-refractivity contribution in [2.45, 2.75) is 25.2 Å². The molecule has 1 amide bonds. The molecule has 0 atom stereocenters. The molecule has 2 N–H and O–H groups in total. The Bertz CT molecular complexity index is 920. The van der Waals surface area contributed by atoms with Gasteiger partial charge < -0.3 is 10.6 Å². The molecule has 0 aliphatic carbocycles. The second-order valence-electron chi connectivity index (χ2n) is 6.21. The second-order valence-corrected chi connectivity index (χ2v) is 8.15. The Kier molecular flexibility index (Phi) is 5.02. The van der Waals surface area contributed by atoms with E-state index in [2.05, 4.69) is 0 Å². The van der Waals surface area contributed by atoms with Crippen LogP contribution in [-0.2, 0) is 16.4 Å². The third-order valence-electron chi connectivity index (χ3n) is 4.69. The predicted octanol–water partition coefficient (Wildman–Crippen LogP) is 2.50. The van der Waals surface area contributed by atoms with Crippen molar-refractivity contribution >= 4 is 27.3 Å². The number of nitrogen functional groups attached to an aromatic ring is 1. The highest BCUT2D eigenvalue weighted by Gasteiger charge is 2.28. The normalized spacial score (nSPS) is 13.9. The number of nitrogens with two attached hydrogens (primary N) is 1. The Morgan fingerprint density at radius 1 is 1.12 bits per heavy atom. The van der Waals surface area contributed by atoms with E-state index in [1.54, 1.807) is 47.4 Å². The number of benzene rings is 2. The molecule has 7 heteroatoms. The quantitative estimate of drug-likeness (QED) is 0.816. The van der Waals surface area contributed by atoms with Crippen molar-refractivity contribution in [3.05, 3.63) is 53.6 Å². The van der Waals surface area contributed by atoms with E-state index in [1.165, 1.54) is 4.31 Å². The molecule has 0 bridgehead atoms. The average molecular weight is 373 g/mol. The van der Waals surface area contributed by atoms with Crippen molar-refractivity contribution in [2.75, 3.05) is 30.3 Å². The van der Waals surface area contributed by atoms with Crippen LogP contribution in [-0.4, -0.2) is 38.3 Å². The van der Waals surface area contributed by atoms with Gasteiger partial charge in [0.05, 0.1) is 4.90 Å². The van der Waals surface area contributed by atoms with E-state index in [-0.39, 0.29) is 10.8 Å². The van der Waals surface area contributed by atoms with E-state index >= 15 is 0 Å². The van der Waals surface area contributed by atoms with Crippen LogP contribution in [0.2, 0.25) is 0 Å². The van der Waals surface area contributed by atoms with Crippen LogP contribution < -0.4 is 10.6 Å². The van der Waals surface area contributed by atoms with Crippen LogP contribution in [0.5, 0.6) is 0 Å². The van der Waals surface area contributed by atoms with Gasteiger partial charge in [-0.2, -0.15) is 4.31 Å². The SMILES string of the molecule is CCN(CC)S(=O)(=O)c1ccc2c(c1)CCN2C(=O)c1ccc(N)cc1. The molecule has 0 saturated carbocycles. The van der Waals surface area contributed by atoms with E-state index in [0.717, 1.165) is 11.3 Å². The maximum atomic E-state index is 12.8. The number of sulfonamides is 1. The molecule has 2 aromatic carbocycles. The number of amides is 1. The first kappa shape index (κ1) is 18.4. The average Bonchev–Trinajstić information content (AvgIpc) is 3.05. The second kappa shape index (κ2) is 7.09. The lowest BCUT2D eigenvalue weighted by molar-refractivity contribution is 0.0989. The molecule has 1 aliphatic heterocycles. The Morgan fingerprint density at radius 2 is 1.77 bits per heavy atom. The summed E-state index contributed by atoms with van der Waals surface area (Å²) in [6.07, 6.45) is 0.637. The zero-order chi connectivity index (χ0) is 18.9. The fourth-order valence-corrected chi connectivity index (χ4v) is 4.75. The van der Waals surface area contributed by atoms with Gasteiger partial charge in [-0.05, 0) is 54.4 Å². The van der Waals surface area contributed by atoms with Crippen molar-refractivity contribution in [3.63, 3.8) is 0 Å². The standard InChI is InChI=1S/C19H23N3O3S/c1-3-21(4-2)26(24,25)17-9-10-18-15(13-17)11-12-22(18)19(23)14-5-7-16(20)8-6-14/h5-10,13H,3-4,11-12,20H2,1-2H3. The monoisotopic (exact) mass is 373 g/mol. The van der Waals surface area contributed by atoms with Crippen LogP contribution in [0, 0.1) is 0 Å². The van der Waals surface area contributed by atoms with Gasteiger partial charge in [0.2, 0.25) is 10.0 Å². The summed E-state index contributed by atoms with van der Waals surface area (Å²) in [5, 5.41) is 0. The van der Waals surface area contributed by atoms with Gasteiger partial charge in [0, 0.05) is 36.6 Å². The molecule has 0 spiro atoms. The summed E-state index contributed by atoms with van der Waals surface area (Å²) in [5.74, 6) is -0.108. The molecule has 1 heterocycles. The molecule has 0 saturated heterocycles. The molecule has 2 aromatic rings. The number of hydrogen-bond donors (Lipinski definition) is 1. The van der Waals surface area contributed by atoms with Gasteiger partial charge in [0.1, 0.15) is 0 Å². The van der Waals surface area contributed by atoms with Crippen LogP contribution in [0.4, 0.5) is 11.4 Å². The molecule has 1 aliphatic rings. The fourth-order valence-electron chi connectivity index (χ4n) is 3.24. The van der Waals surface area contributed by atoms with E-state index < -0.39 is 10.0 Å². The maximum Gasteiger partial charge on any atom is 0.258 e. The maximum absolute atomic E-state index is 12.8. The van der Waals surface area contributed by atoms with Crippen LogP contribution in [0.25, 0.3) is 0 Å². The van der Waals surface area contributed by atoms with Gasteiger partial charge in [-0.3, -0.25) is 4.79 Å². The molecular formula is C19H23N3O3S. The number of anilines is 2. The zero-order valence-electron chi connectivity index (χ0n) is 15.0. The molecule has 26 heavy (non-hydrogen) atoms. The highest BCUT2D eigenvalue weighted by molar-refractivity contribution is 7.89. The summed E-state index contributed by atoms with van der Waals surface area (Å²) in [5.41, 5.74) is 8.49. The predicted molar refractivity (Wildman–Crippen MR) is 103 cm³/mol. The van der Waals surface area contributed by atoms with Crippen LogP contribution in [0.3, 0.4) is 0 Å². The summed E-state index contributed by atoms with van der Waals surface area (Å²) < 4.78 is 26.8. The van der Waals surface area contributed by atoms with E-state index in [0.29, 0.717) is 37.3 Å². The summed E-state index contributed by atoms with van der Waals surface area (Å²) in [4.78, 5) is 14.7. The zero-order valence-corrected chi connectivity index (χ0v) is 15.8. The molecular weight excluding hydrogens is 350 g/mol. The van der Waals surface area contributed by atoms with Gasteiger partial charge in [-0.15, -0.1) is 0 Å². The Morgan fingerprint density at radius 3 is 2.38 bits per heavy atom. The highest BCUT2D eigenvalue weighted by atomic mass is 32.2. The largest absolute Gasteiger partial charge is 0.399 e. The number of nitrogens with zero attached hydrogens (tertiary/aromatic N) is 2. The molecule has 0 unspecified atom stereocenters. The topological polar surface area (TPSA) is 83.7 Å². The van der Waals surface area contributed by atoms with E-state index in [4.69, 9.17) is 5.73 Å². The van der Waals surface area contributed by atoms with Crippen molar-refractivity contribution in [2.24, 2.45) is 0 Å². The minimum absolute atomic E-state index is 0.108. The lowest BCUT2D eigenvalue weighted by Gasteiger charge is -2.20. The molecule has 138 valence electrons. The smallest absolute Gasteiger partial charge is 0.258 e. The van der Waals surface area contributed by atoms with Crippen molar-refractivity contribution in [1.82, 2.24) is 4.31 Å². The van der Waals surface area contributed by atoms with Crippen molar-refractivity contribution in [3.8, 4) is 0 Å². The fraction of sp³-hybridized carbons (Fsp3) is 0.316. The van der Waals surface area contributed by atoms with E-state index in [9.17, 15) is 13.2 Å². The first-order valence-electron chi connectivity index (χ1n) is 8.69. The minimum atomic E-state index is -3.50. The summed E-state index contributed by atoms with van der Waals surface area (Å²) in [7, 11) is -3.50. The Balaban J connectivity index is 1.91. The molecule has 3 rings (SSSR count). The third kappa shape index (κ3) is 3.20. The number of carbonyl (C=O) groups excluding carboxylic acids is 1. The molecule has 0 aromatic heterocycles. The molecule has 0 fully saturated rings. The van der Waals surface area contributed by atoms with E-state index in [1.807, 2.05) is 13.8 Å². The van der Waals surface area contributed by atoms with Gasteiger partial charge in [-0.25, -0.2) is 8.42 Å². The summed E-state index contributed by atoms with van der Waals surface area (Å²) in [6, 6.07) is 11.8. The summed E-state index contributed by atoms with van der Waals surface area (Å²) >= 11 is 0. The number of rotatable bonds is 5. The van der Waals surface area contributed by atoms with Gasteiger partial charge in [-0.1, -0.05) is 13.8 Å². The van der Waals surface area contributed by atoms with Crippen molar-refractivity contribution < 1.29 is 13.2 Å². The minimum Gasteiger partial charge on any atom is -0.399 e. The lowest BCUT2D eigenvalue weighted by Crippen LogP contribution is -2.30. The Labute approximate surface area is 154 Å². The van der Waals surface area contributed by atoms with Crippen LogP contribution in [0.15, 0.2) is 47.4 Å². The lowest BCUT2D eigenvalue weighted by atomic mass is 10.1. The van der Waals surface area contributed by atoms with Crippen LogP contribution in [0.1, 0.15) is 29.8 Å². The molecule has 0 radical (unpaired) electrons. The van der Waals surface area contributed by atoms with Gasteiger partial charge in [0.25, 0.3) is 5.91 Å². The van der Waals surface area contributed by atoms with Crippen molar-refractivity contribution in [1.29, 1.82) is 0 Å². The third-order valence-corrected chi connectivity index (χ3v) is 6.74. The number of fused-ring (bicyclic) bond motifs is 1. The van der Waals surface area contributed by atoms with Crippen LogP contribution >= 0.6 is 0 Å². The van der Waals surface area contributed by atoms with Gasteiger partial charge in [0.15, 0.2) is 0 Å². The highest BCUT2D eigenvalue weighted by Crippen LogP contribution is 2.32. The Hall–Kier alpha value is -2.38. The molecule has 6 nitrogen and oxygen atoms in total.